The van der Waals surface area contributed by atoms with E-state index in [0.29, 0.717) is 21.6 Å². The molecular weight excluding hydrogens is 341 g/mol. The summed E-state index contributed by atoms with van der Waals surface area (Å²) in [5, 5.41) is 0. The van der Waals surface area contributed by atoms with E-state index in [0.717, 1.165) is 12.1 Å². The second-order valence-corrected chi connectivity index (χ2v) is 5.67. The number of thiocarbonyl (C=S) groups is 1. The number of rotatable bonds is 4. The van der Waals surface area contributed by atoms with E-state index in [1.165, 1.54) is 6.07 Å². The molecule has 0 fully saturated rings. The normalized spacial score (nSPS) is 13.2. The first-order valence-electron chi connectivity index (χ1n) is 5.50. The molecule has 0 radical (unpaired) electrons. The van der Waals surface area contributed by atoms with Crippen molar-refractivity contribution in [2.45, 2.75) is 25.6 Å². The maximum absolute atomic E-state index is 12.6. The van der Waals surface area contributed by atoms with Crippen LogP contribution in [0.25, 0.3) is 0 Å². The third-order valence-electron chi connectivity index (χ3n) is 2.81. The molecule has 0 bridgehead atoms. The number of benzene rings is 1. The lowest BCUT2D eigenvalue weighted by atomic mass is 10.1. The van der Waals surface area contributed by atoms with Crippen LogP contribution in [0.2, 0.25) is 0 Å². The number of hydrogen-bond donors (Lipinski definition) is 1. The molecule has 106 valence electrons. The number of hydrogen-bond acceptors (Lipinski definition) is 2. The summed E-state index contributed by atoms with van der Waals surface area (Å²) in [5.41, 5.74) is 5.45. The lowest BCUT2D eigenvalue weighted by molar-refractivity contribution is -0.137. The molecule has 0 saturated carbocycles. The maximum Gasteiger partial charge on any atom is 0.416 e. The minimum Gasteiger partial charge on any atom is -0.393 e. The van der Waals surface area contributed by atoms with Gasteiger partial charge in [-0.2, -0.15) is 13.2 Å². The third kappa shape index (κ3) is 4.35. The first-order valence-corrected chi connectivity index (χ1v) is 6.71. The molecule has 0 aliphatic carbocycles. The van der Waals surface area contributed by atoms with Crippen LogP contribution < -0.4 is 10.6 Å². The molecule has 19 heavy (non-hydrogen) atoms. The van der Waals surface area contributed by atoms with E-state index in [1.807, 2.05) is 11.8 Å². The van der Waals surface area contributed by atoms with Crippen molar-refractivity contribution in [3.8, 4) is 0 Å². The smallest absolute Gasteiger partial charge is 0.393 e. The Labute approximate surface area is 123 Å². The van der Waals surface area contributed by atoms with Crippen LogP contribution in [0.3, 0.4) is 0 Å². The second-order valence-electron chi connectivity index (χ2n) is 4.29. The van der Waals surface area contributed by atoms with Gasteiger partial charge in [-0.25, -0.2) is 0 Å². The lowest BCUT2D eigenvalue weighted by Gasteiger charge is -2.28. The first-order chi connectivity index (χ1) is 8.62. The highest BCUT2D eigenvalue weighted by atomic mass is 79.9. The molecule has 1 atom stereocenters. The summed E-state index contributed by atoms with van der Waals surface area (Å²) in [4.78, 5) is 2.21. The summed E-state index contributed by atoms with van der Waals surface area (Å²) in [6.07, 6.45) is -3.84. The highest BCUT2D eigenvalue weighted by Crippen LogP contribution is 2.35. The van der Waals surface area contributed by atoms with Crippen molar-refractivity contribution < 1.29 is 13.2 Å². The van der Waals surface area contributed by atoms with E-state index >= 15 is 0 Å². The molecule has 0 amide bonds. The molecule has 1 unspecified atom stereocenters. The average molecular weight is 355 g/mol. The van der Waals surface area contributed by atoms with Crippen LogP contribution in [0.1, 0.15) is 18.9 Å². The molecule has 0 aromatic heterocycles. The Hall–Kier alpha value is -0.820. The fourth-order valence-electron chi connectivity index (χ4n) is 1.63. The van der Waals surface area contributed by atoms with Crippen molar-refractivity contribution in [2.24, 2.45) is 5.73 Å². The monoisotopic (exact) mass is 354 g/mol. The van der Waals surface area contributed by atoms with Crippen molar-refractivity contribution in [3.05, 3.63) is 28.2 Å². The molecule has 0 spiro atoms. The molecular formula is C12H14BrF3N2S. The molecule has 1 rings (SSSR count). The Morgan fingerprint density at radius 3 is 2.47 bits per heavy atom. The van der Waals surface area contributed by atoms with Gasteiger partial charge in [-0.05, 0) is 41.1 Å². The van der Waals surface area contributed by atoms with Gasteiger partial charge in [0.1, 0.15) is 0 Å². The molecule has 1 aromatic rings. The number of nitrogens with zero attached hydrogens (tertiary/aromatic N) is 1. The summed E-state index contributed by atoms with van der Waals surface area (Å²) in [7, 11) is 1.79. The first kappa shape index (κ1) is 16.2. The zero-order chi connectivity index (χ0) is 14.8. The van der Waals surface area contributed by atoms with Crippen LogP contribution in [0, 0.1) is 0 Å². The van der Waals surface area contributed by atoms with E-state index in [-0.39, 0.29) is 6.04 Å². The van der Waals surface area contributed by atoms with Crippen molar-refractivity contribution >= 4 is 38.8 Å². The fourth-order valence-corrected chi connectivity index (χ4v) is 2.53. The van der Waals surface area contributed by atoms with Crippen LogP contribution in [-0.4, -0.2) is 18.1 Å². The van der Waals surface area contributed by atoms with Gasteiger partial charge in [0.25, 0.3) is 0 Å². The molecule has 0 saturated heterocycles. The zero-order valence-corrected chi connectivity index (χ0v) is 12.9. The van der Waals surface area contributed by atoms with E-state index < -0.39 is 11.7 Å². The van der Waals surface area contributed by atoms with Crippen LogP contribution in [0.5, 0.6) is 0 Å². The van der Waals surface area contributed by atoms with Gasteiger partial charge in [-0.15, -0.1) is 0 Å². The lowest BCUT2D eigenvalue weighted by Crippen LogP contribution is -2.32. The summed E-state index contributed by atoms with van der Waals surface area (Å²) < 4.78 is 38.1. The molecule has 1 aromatic carbocycles. The van der Waals surface area contributed by atoms with Gasteiger partial charge in [-0.3, -0.25) is 0 Å². The fraction of sp³-hybridized carbons (Fsp3) is 0.417. The van der Waals surface area contributed by atoms with Crippen LogP contribution in [0.15, 0.2) is 22.7 Å². The molecule has 2 nitrogen and oxygen atoms in total. The van der Waals surface area contributed by atoms with E-state index in [1.54, 1.807) is 7.05 Å². The number of anilines is 1. The Kier molecular flexibility index (Phi) is 5.20. The van der Waals surface area contributed by atoms with Crippen LogP contribution in [-0.2, 0) is 6.18 Å². The summed E-state index contributed by atoms with van der Waals surface area (Å²) in [5.74, 6) is 0. The number of halogens is 4. The molecule has 0 aliphatic heterocycles. The van der Waals surface area contributed by atoms with Crippen LogP contribution >= 0.6 is 28.1 Å². The predicted octanol–water partition coefficient (Wildman–Crippen LogP) is 3.97. The van der Waals surface area contributed by atoms with Gasteiger partial charge >= 0.3 is 6.18 Å². The number of nitrogens with two attached hydrogens (primary N) is 1. The van der Waals surface area contributed by atoms with Crippen molar-refractivity contribution in [1.82, 2.24) is 0 Å². The third-order valence-corrected chi connectivity index (χ3v) is 3.61. The average Bonchev–Trinajstić information content (AvgIpc) is 2.25. The largest absolute Gasteiger partial charge is 0.416 e. The van der Waals surface area contributed by atoms with Gasteiger partial charge in [0.2, 0.25) is 0 Å². The Bertz CT molecular complexity index is 477. The van der Waals surface area contributed by atoms with Crippen molar-refractivity contribution in [1.29, 1.82) is 0 Å². The van der Waals surface area contributed by atoms with Crippen LogP contribution in [0.4, 0.5) is 18.9 Å². The van der Waals surface area contributed by atoms with Gasteiger partial charge in [0.15, 0.2) is 0 Å². The van der Waals surface area contributed by atoms with E-state index in [9.17, 15) is 13.2 Å². The highest BCUT2D eigenvalue weighted by molar-refractivity contribution is 9.10. The Balaban J connectivity index is 2.99. The van der Waals surface area contributed by atoms with Gasteiger partial charge < -0.3 is 10.6 Å². The molecule has 0 heterocycles. The molecule has 2 N–H and O–H groups in total. The maximum atomic E-state index is 12.6. The number of alkyl halides is 3. The zero-order valence-electron chi connectivity index (χ0n) is 10.5. The Morgan fingerprint density at radius 2 is 2.05 bits per heavy atom. The highest BCUT2D eigenvalue weighted by Gasteiger charge is 2.31. The minimum absolute atomic E-state index is 0.00513. The quantitative estimate of drug-likeness (QED) is 0.829. The summed E-state index contributed by atoms with van der Waals surface area (Å²) in [6, 6.07) is 3.57. The summed E-state index contributed by atoms with van der Waals surface area (Å²) in [6.45, 7) is 1.91. The Morgan fingerprint density at radius 1 is 1.47 bits per heavy atom. The van der Waals surface area contributed by atoms with Crippen molar-refractivity contribution in [3.63, 3.8) is 0 Å². The van der Waals surface area contributed by atoms with Gasteiger partial charge in [0.05, 0.1) is 16.2 Å². The topological polar surface area (TPSA) is 29.3 Å². The van der Waals surface area contributed by atoms with Gasteiger partial charge in [-0.1, -0.05) is 12.2 Å². The summed E-state index contributed by atoms with van der Waals surface area (Å²) >= 11 is 8.00. The van der Waals surface area contributed by atoms with E-state index in [2.05, 4.69) is 15.9 Å². The van der Waals surface area contributed by atoms with Gasteiger partial charge in [0, 0.05) is 24.0 Å². The SMILES string of the molecule is CC(CC(N)=S)N(C)c1ccc(C(F)(F)F)cc1Br. The van der Waals surface area contributed by atoms with E-state index in [4.69, 9.17) is 18.0 Å². The molecule has 0 aliphatic rings. The van der Waals surface area contributed by atoms with Crippen molar-refractivity contribution in [2.75, 3.05) is 11.9 Å². The second kappa shape index (κ2) is 6.09. The standard InChI is InChI=1S/C12H14BrF3N2S/c1-7(5-11(17)19)18(2)10-4-3-8(6-9(10)13)12(14,15)16/h3-4,6-7H,5H2,1-2H3,(H2,17,19). The molecule has 7 heteroatoms. The minimum atomic E-state index is -4.34. The predicted molar refractivity (Wildman–Crippen MR) is 78.4 cm³/mol.